The number of hydrogen-bond acceptors (Lipinski definition) is 4. The molecular weight excluding hydrogens is 505 g/mol. The molecule has 0 spiro atoms. The zero-order chi connectivity index (χ0) is 13.8. The van der Waals surface area contributed by atoms with Crippen LogP contribution in [0.4, 0.5) is 0 Å². The molecule has 20 heavy (non-hydrogen) atoms. The average molecular weight is 525 g/mol. The molecule has 114 valence electrons. The number of phenolic OH excluding ortho intramolecular Hbond substituents is 1. The van der Waals surface area contributed by atoms with E-state index in [9.17, 15) is 10.2 Å². The van der Waals surface area contributed by atoms with Crippen LogP contribution < -0.4 is 5.32 Å². The van der Waals surface area contributed by atoms with Crippen molar-refractivity contribution >= 4 is 57.6 Å². The smallest absolute Gasteiger partial charge is 0.142 e. The fraction of sp³-hybridized carbons (Fsp3) is 0.538. The van der Waals surface area contributed by atoms with E-state index < -0.39 is 0 Å². The molecule has 0 unspecified atom stereocenters. The summed E-state index contributed by atoms with van der Waals surface area (Å²) >= 11 is 4.32. The van der Waals surface area contributed by atoms with Crippen LogP contribution in [0.15, 0.2) is 12.1 Å². The van der Waals surface area contributed by atoms with Gasteiger partial charge in [0.1, 0.15) is 5.75 Å². The molecule has 1 aliphatic heterocycles. The maximum Gasteiger partial charge on any atom is 0.142 e. The number of nitrogens with one attached hydrogen (secondary N) is 1. The molecule has 0 amide bonds. The van der Waals surface area contributed by atoms with E-state index in [0.717, 1.165) is 39.7 Å². The Hall–Kier alpha value is 0.650. The zero-order valence-corrected chi connectivity index (χ0v) is 16.1. The van der Waals surface area contributed by atoms with Gasteiger partial charge in [0.15, 0.2) is 0 Å². The molecule has 1 aromatic rings. The summed E-state index contributed by atoms with van der Waals surface area (Å²) in [5.41, 5.74) is 1.18. The third-order valence-corrected chi connectivity index (χ3v) is 5.06. The van der Waals surface area contributed by atoms with Crippen molar-refractivity contribution in [3.8, 4) is 5.75 Å². The van der Waals surface area contributed by atoms with Gasteiger partial charge >= 0.3 is 0 Å². The molecule has 3 N–H and O–H groups in total. The molecule has 1 aromatic carbocycles. The van der Waals surface area contributed by atoms with E-state index in [4.69, 9.17) is 0 Å². The van der Waals surface area contributed by atoms with Crippen LogP contribution in [0, 0.1) is 7.14 Å². The number of nitrogens with zero attached hydrogens (tertiary/aromatic N) is 1. The summed E-state index contributed by atoms with van der Waals surface area (Å²) in [5.74, 6) is 0.355. The molecule has 1 aliphatic rings. The fourth-order valence-corrected chi connectivity index (χ4v) is 4.27. The quantitative estimate of drug-likeness (QED) is 0.530. The molecule has 2 rings (SSSR count). The van der Waals surface area contributed by atoms with E-state index in [1.807, 2.05) is 12.1 Å². The minimum absolute atomic E-state index is 0. The number of piperazine rings is 1. The second-order valence-electron chi connectivity index (χ2n) is 4.65. The predicted octanol–water partition coefficient (Wildman–Crippen LogP) is 2.35. The maximum atomic E-state index is 9.86. The Bertz CT molecular complexity index is 419. The number of halogens is 3. The largest absolute Gasteiger partial charge is 0.506 e. The minimum atomic E-state index is 0. The lowest BCUT2D eigenvalue weighted by atomic mass is 10.0. The summed E-state index contributed by atoms with van der Waals surface area (Å²) in [6, 6.07) is 4.29. The first-order valence-corrected chi connectivity index (χ1v) is 8.52. The van der Waals surface area contributed by atoms with Crippen molar-refractivity contribution in [1.29, 1.82) is 0 Å². The SMILES string of the molecule is Cl.OCC[C@@H](c1cc(I)c(O)c(I)c1)N1CCNCC1. The van der Waals surface area contributed by atoms with Gasteiger partial charge in [-0.1, -0.05) is 0 Å². The van der Waals surface area contributed by atoms with Crippen LogP contribution in [0.2, 0.25) is 0 Å². The van der Waals surface area contributed by atoms with Gasteiger partial charge in [-0.05, 0) is 69.3 Å². The molecule has 1 fully saturated rings. The monoisotopic (exact) mass is 524 g/mol. The fourth-order valence-electron chi connectivity index (χ4n) is 2.45. The second-order valence-corrected chi connectivity index (χ2v) is 6.97. The second kappa shape index (κ2) is 8.94. The van der Waals surface area contributed by atoms with Gasteiger partial charge in [0.25, 0.3) is 0 Å². The minimum Gasteiger partial charge on any atom is -0.506 e. The lowest BCUT2D eigenvalue weighted by Crippen LogP contribution is -2.45. The maximum absolute atomic E-state index is 9.86. The molecule has 7 heteroatoms. The van der Waals surface area contributed by atoms with Crippen molar-refractivity contribution in [3.05, 3.63) is 24.8 Å². The normalized spacial score (nSPS) is 17.6. The Morgan fingerprint density at radius 1 is 1.20 bits per heavy atom. The lowest BCUT2D eigenvalue weighted by Gasteiger charge is -2.35. The van der Waals surface area contributed by atoms with Gasteiger partial charge in [-0.3, -0.25) is 4.90 Å². The Balaban J connectivity index is 0.00000200. The molecule has 4 nitrogen and oxygen atoms in total. The van der Waals surface area contributed by atoms with Gasteiger partial charge in [-0.15, -0.1) is 12.4 Å². The third kappa shape index (κ3) is 4.57. The molecule has 0 aliphatic carbocycles. The van der Waals surface area contributed by atoms with Crippen molar-refractivity contribution in [2.45, 2.75) is 12.5 Å². The summed E-state index contributed by atoms with van der Waals surface area (Å²) in [4.78, 5) is 2.41. The van der Waals surface area contributed by atoms with E-state index in [1.165, 1.54) is 5.56 Å². The summed E-state index contributed by atoms with van der Waals surface area (Å²) in [6.45, 7) is 4.17. The number of benzene rings is 1. The van der Waals surface area contributed by atoms with Crippen LogP contribution in [0.25, 0.3) is 0 Å². The topological polar surface area (TPSA) is 55.7 Å². The van der Waals surface area contributed by atoms with Crippen molar-refractivity contribution < 1.29 is 10.2 Å². The number of rotatable bonds is 4. The Morgan fingerprint density at radius 3 is 2.25 bits per heavy atom. The van der Waals surface area contributed by atoms with Crippen LogP contribution in [0.1, 0.15) is 18.0 Å². The highest BCUT2D eigenvalue weighted by Crippen LogP contribution is 2.33. The summed E-state index contributed by atoms with van der Waals surface area (Å²) < 4.78 is 1.75. The first kappa shape index (κ1) is 18.7. The first-order chi connectivity index (χ1) is 9.13. The van der Waals surface area contributed by atoms with E-state index in [2.05, 4.69) is 55.4 Å². The van der Waals surface area contributed by atoms with Crippen molar-refractivity contribution in [1.82, 2.24) is 10.2 Å². The Kier molecular flexibility index (Phi) is 8.36. The number of phenols is 1. The molecule has 1 atom stereocenters. The van der Waals surface area contributed by atoms with E-state index in [1.54, 1.807) is 0 Å². The van der Waals surface area contributed by atoms with Gasteiger partial charge in [-0.2, -0.15) is 0 Å². The summed E-state index contributed by atoms with van der Waals surface area (Å²) in [6.07, 6.45) is 0.733. The average Bonchev–Trinajstić information content (AvgIpc) is 2.42. The number of aromatic hydroxyl groups is 1. The third-order valence-electron chi connectivity index (χ3n) is 3.42. The van der Waals surface area contributed by atoms with E-state index in [-0.39, 0.29) is 25.1 Å². The molecule has 0 aromatic heterocycles. The van der Waals surface area contributed by atoms with Gasteiger partial charge in [0, 0.05) is 38.8 Å². The van der Waals surface area contributed by atoms with Crippen LogP contribution in [0.3, 0.4) is 0 Å². The molecule has 1 heterocycles. The van der Waals surface area contributed by atoms with E-state index >= 15 is 0 Å². The Morgan fingerprint density at radius 2 is 1.75 bits per heavy atom. The number of aliphatic hydroxyl groups excluding tert-OH is 1. The summed E-state index contributed by atoms with van der Waals surface area (Å²) in [7, 11) is 0. The van der Waals surface area contributed by atoms with E-state index in [0.29, 0.717) is 5.75 Å². The summed E-state index contributed by atoms with van der Waals surface area (Å²) in [5, 5.41) is 22.5. The molecule has 0 bridgehead atoms. The van der Waals surface area contributed by atoms with Crippen molar-refractivity contribution in [3.63, 3.8) is 0 Å². The molecule has 1 saturated heterocycles. The number of hydrogen-bond donors (Lipinski definition) is 3. The standard InChI is InChI=1S/C13H18I2N2O2.ClH/c14-10-7-9(8-11(15)13(10)19)12(1-6-18)17-4-2-16-3-5-17;/h7-8,12,16,18-19H,1-6H2;1H/t12-;/m0./s1. The van der Waals surface area contributed by atoms with Crippen LogP contribution in [-0.2, 0) is 0 Å². The lowest BCUT2D eigenvalue weighted by molar-refractivity contribution is 0.141. The highest BCUT2D eigenvalue weighted by Gasteiger charge is 2.23. The highest BCUT2D eigenvalue weighted by molar-refractivity contribution is 14.1. The van der Waals surface area contributed by atoms with Crippen molar-refractivity contribution in [2.75, 3.05) is 32.8 Å². The van der Waals surface area contributed by atoms with Gasteiger partial charge < -0.3 is 15.5 Å². The van der Waals surface area contributed by atoms with Gasteiger partial charge in [0.05, 0.1) is 7.14 Å². The number of aliphatic hydroxyl groups is 1. The molecule has 0 saturated carbocycles. The van der Waals surface area contributed by atoms with Crippen LogP contribution in [-0.4, -0.2) is 47.9 Å². The van der Waals surface area contributed by atoms with Crippen LogP contribution in [0.5, 0.6) is 5.75 Å². The molecule has 0 radical (unpaired) electrons. The molecular formula is C13H19ClI2N2O2. The zero-order valence-electron chi connectivity index (χ0n) is 11.0. The highest BCUT2D eigenvalue weighted by atomic mass is 127. The van der Waals surface area contributed by atoms with Gasteiger partial charge in [0.2, 0.25) is 0 Å². The predicted molar refractivity (Wildman–Crippen MR) is 99.7 cm³/mol. The Labute approximate surface area is 153 Å². The van der Waals surface area contributed by atoms with Crippen molar-refractivity contribution in [2.24, 2.45) is 0 Å². The first-order valence-electron chi connectivity index (χ1n) is 6.37. The van der Waals surface area contributed by atoms with Gasteiger partial charge in [-0.25, -0.2) is 0 Å². The van der Waals surface area contributed by atoms with Crippen LogP contribution >= 0.6 is 57.6 Å².